The maximum Gasteiger partial charge on any atom is 0.255 e. The molecule has 0 bridgehead atoms. The van der Waals surface area contributed by atoms with Crippen LogP contribution in [-0.2, 0) is 14.4 Å². The number of amides is 4. The van der Waals surface area contributed by atoms with Crippen LogP contribution < -0.4 is 25.4 Å². The molecule has 10 nitrogen and oxygen atoms in total. The zero-order valence-electron chi connectivity index (χ0n) is 25.5. The van der Waals surface area contributed by atoms with Gasteiger partial charge in [0.15, 0.2) is 0 Å². The van der Waals surface area contributed by atoms with Crippen LogP contribution in [0.2, 0.25) is 0 Å². The number of hydrogen-bond donors (Lipinski definition) is 3. The molecule has 1 aliphatic heterocycles. The zero-order valence-corrected chi connectivity index (χ0v) is 25.5. The SMILES string of the molecule is Cc1ccc(C(C)C)c(OCCNC(=O)[C@@H]2CC(=O)N[C@H](CC(C)C)C(=O)N(C)CCOc3ccccc3C(=O)N2)c1. The number of hydrogen-bond acceptors (Lipinski definition) is 6. The third kappa shape index (κ3) is 9.22. The van der Waals surface area contributed by atoms with Crippen molar-refractivity contribution in [3.05, 3.63) is 59.2 Å². The molecule has 0 aromatic heterocycles. The predicted molar refractivity (Wildman–Crippen MR) is 161 cm³/mol. The lowest BCUT2D eigenvalue weighted by Crippen LogP contribution is -2.53. The van der Waals surface area contributed by atoms with Crippen LogP contribution in [0.1, 0.15) is 67.9 Å². The van der Waals surface area contributed by atoms with Crippen LogP contribution in [0.3, 0.4) is 0 Å². The molecular weight excluding hydrogens is 536 g/mol. The molecule has 3 N–H and O–H groups in total. The Morgan fingerprint density at radius 1 is 1.10 bits per heavy atom. The third-order valence-corrected chi connectivity index (χ3v) is 6.99. The number of aryl methyl sites for hydroxylation is 1. The Labute approximate surface area is 248 Å². The second-order valence-electron chi connectivity index (χ2n) is 11.4. The first-order valence-electron chi connectivity index (χ1n) is 14.5. The number of carbonyl (C=O) groups excluding carboxylic acids is 4. The molecule has 2 aromatic carbocycles. The van der Waals surface area contributed by atoms with Gasteiger partial charge >= 0.3 is 0 Å². The fourth-order valence-corrected chi connectivity index (χ4v) is 4.73. The standard InChI is InChI=1S/C32H44N4O6/c1-20(2)17-26-32(40)36(6)14-16-42-27-10-8-7-9-24(27)30(38)35-25(19-29(37)34-26)31(39)33-13-15-41-28-18-22(5)11-12-23(28)21(3)4/h7-12,18,20-21,25-26H,13-17,19H2,1-6H3,(H,33,39)(H,34,37)(H,35,38)/t25-,26+/m0/s1. The summed E-state index contributed by atoms with van der Waals surface area (Å²) in [5, 5.41) is 8.26. The Kier molecular flexibility index (Phi) is 11.8. The highest BCUT2D eigenvalue weighted by atomic mass is 16.5. The van der Waals surface area contributed by atoms with Crippen molar-refractivity contribution < 1.29 is 28.7 Å². The van der Waals surface area contributed by atoms with Gasteiger partial charge in [-0.1, -0.05) is 52.0 Å². The Bertz CT molecular complexity index is 1260. The van der Waals surface area contributed by atoms with Gasteiger partial charge in [0, 0.05) is 7.05 Å². The first-order chi connectivity index (χ1) is 20.0. The number of nitrogens with zero attached hydrogens (tertiary/aromatic N) is 1. The van der Waals surface area contributed by atoms with Crippen LogP contribution >= 0.6 is 0 Å². The Morgan fingerprint density at radius 3 is 2.55 bits per heavy atom. The molecule has 2 aromatic rings. The lowest BCUT2D eigenvalue weighted by Gasteiger charge is -2.27. The van der Waals surface area contributed by atoms with E-state index in [1.54, 1.807) is 31.3 Å². The first-order valence-corrected chi connectivity index (χ1v) is 14.5. The van der Waals surface area contributed by atoms with Crippen LogP contribution in [0, 0.1) is 12.8 Å². The average molecular weight is 581 g/mol. The van der Waals surface area contributed by atoms with E-state index >= 15 is 0 Å². The minimum absolute atomic E-state index is 0.137. The van der Waals surface area contributed by atoms with E-state index in [0.29, 0.717) is 12.2 Å². The zero-order chi connectivity index (χ0) is 30.8. The summed E-state index contributed by atoms with van der Waals surface area (Å²) in [6.45, 7) is 10.9. The number of para-hydroxylation sites is 1. The van der Waals surface area contributed by atoms with E-state index in [-0.39, 0.29) is 56.0 Å². The maximum absolute atomic E-state index is 13.3. The predicted octanol–water partition coefficient (Wildman–Crippen LogP) is 3.18. The van der Waals surface area contributed by atoms with Gasteiger partial charge in [0.25, 0.3) is 5.91 Å². The van der Waals surface area contributed by atoms with Crippen LogP contribution in [0.15, 0.2) is 42.5 Å². The summed E-state index contributed by atoms with van der Waals surface area (Å²) in [5.74, 6) is -0.354. The molecule has 1 aliphatic rings. The first kappa shape index (κ1) is 32.4. The smallest absolute Gasteiger partial charge is 0.255 e. The summed E-state index contributed by atoms with van der Waals surface area (Å²) in [4.78, 5) is 54.4. The normalized spacial score (nSPS) is 18.5. The van der Waals surface area contributed by atoms with E-state index in [1.807, 2.05) is 39.0 Å². The summed E-state index contributed by atoms with van der Waals surface area (Å²) in [6.07, 6.45) is 0.0823. The van der Waals surface area contributed by atoms with Crippen molar-refractivity contribution in [1.82, 2.24) is 20.9 Å². The van der Waals surface area contributed by atoms with E-state index in [2.05, 4.69) is 29.8 Å². The highest BCUT2D eigenvalue weighted by molar-refractivity contribution is 6.01. The molecule has 0 aliphatic carbocycles. The monoisotopic (exact) mass is 580 g/mol. The second-order valence-corrected chi connectivity index (χ2v) is 11.4. The minimum Gasteiger partial charge on any atom is -0.491 e. The van der Waals surface area contributed by atoms with Crippen molar-refractivity contribution in [2.24, 2.45) is 5.92 Å². The van der Waals surface area contributed by atoms with Crippen molar-refractivity contribution in [3.8, 4) is 11.5 Å². The van der Waals surface area contributed by atoms with E-state index in [0.717, 1.165) is 16.9 Å². The number of benzene rings is 2. The number of likely N-dealkylation sites (N-methyl/N-ethyl adjacent to an activating group) is 1. The van der Waals surface area contributed by atoms with E-state index in [1.165, 1.54) is 4.90 Å². The fourth-order valence-electron chi connectivity index (χ4n) is 4.73. The fraction of sp³-hybridized carbons (Fsp3) is 0.500. The van der Waals surface area contributed by atoms with Gasteiger partial charge in [-0.2, -0.15) is 0 Å². The average Bonchev–Trinajstić information content (AvgIpc) is 2.93. The summed E-state index contributed by atoms with van der Waals surface area (Å²) in [5.41, 5.74) is 2.36. The van der Waals surface area contributed by atoms with Gasteiger partial charge in [-0.05, 0) is 54.5 Å². The molecule has 42 heavy (non-hydrogen) atoms. The molecule has 0 saturated carbocycles. The van der Waals surface area contributed by atoms with Gasteiger partial charge in [0.05, 0.1) is 25.1 Å². The van der Waals surface area contributed by atoms with Crippen LogP contribution in [0.5, 0.6) is 11.5 Å². The van der Waals surface area contributed by atoms with E-state index in [4.69, 9.17) is 9.47 Å². The largest absolute Gasteiger partial charge is 0.491 e. The number of ether oxygens (including phenoxy) is 2. The van der Waals surface area contributed by atoms with Gasteiger partial charge in [-0.25, -0.2) is 0 Å². The molecule has 3 rings (SSSR count). The number of carbonyl (C=O) groups is 4. The molecule has 228 valence electrons. The van der Waals surface area contributed by atoms with Crippen molar-refractivity contribution in [3.63, 3.8) is 0 Å². The molecule has 0 fully saturated rings. The lowest BCUT2D eigenvalue weighted by atomic mass is 10.0. The molecular formula is C32H44N4O6. The maximum atomic E-state index is 13.3. The highest BCUT2D eigenvalue weighted by Gasteiger charge is 2.30. The molecule has 0 unspecified atom stereocenters. The Morgan fingerprint density at radius 2 is 1.83 bits per heavy atom. The Balaban J connectivity index is 1.77. The Hall–Kier alpha value is -4.08. The molecule has 10 heteroatoms. The summed E-state index contributed by atoms with van der Waals surface area (Å²) >= 11 is 0. The van der Waals surface area contributed by atoms with Crippen LogP contribution in [-0.4, -0.2) is 74.0 Å². The second kappa shape index (κ2) is 15.2. The van der Waals surface area contributed by atoms with Gasteiger partial charge in [-0.3, -0.25) is 19.2 Å². The van der Waals surface area contributed by atoms with Crippen LogP contribution in [0.25, 0.3) is 0 Å². The van der Waals surface area contributed by atoms with Crippen LogP contribution in [0.4, 0.5) is 0 Å². The summed E-state index contributed by atoms with van der Waals surface area (Å²) < 4.78 is 11.8. The number of rotatable bonds is 8. The van der Waals surface area contributed by atoms with Gasteiger partial charge in [-0.15, -0.1) is 0 Å². The molecule has 4 amide bonds. The number of nitrogens with one attached hydrogen (secondary N) is 3. The van der Waals surface area contributed by atoms with Crippen molar-refractivity contribution in [1.29, 1.82) is 0 Å². The summed E-state index contributed by atoms with van der Waals surface area (Å²) in [7, 11) is 1.65. The quantitative estimate of drug-likeness (QED) is 0.412. The topological polar surface area (TPSA) is 126 Å². The van der Waals surface area contributed by atoms with E-state index in [9.17, 15) is 19.2 Å². The van der Waals surface area contributed by atoms with Crippen molar-refractivity contribution >= 4 is 23.6 Å². The lowest BCUT2D eigenvalue weighted by molar-refractivity contribution is -0.136. The molecule has 0 saturated heterocycles. The van der Waals surface area contributed by atoms with Gasteiger partial charge in [0.1, 0.15) is 36.8 Å². The van der Waals surface area contributed by atoms with Gasteiger partial charge < -0.3 is 30.3 Å². The molecule has 0 radical (unpaired) electrons. The third-order valence-electron chi connectivity index (χ3n) is 6.99. The summed E-state index contributed by atoms with van der Waals surface area (Å²) in [6, 6.07) is 10.7. The number of fused-ring (bicyclic) bond motifs is 1. The molecule has 1 heterocycles. The van der Waals surface area contributed by atoms with Gasteiger partial charge in [0.2, 0.25) is 17.7 Å². The molecule has 0 spiro atoms. The van der Waals surface area contributed by atoms with Crippen molar-refractivity contribution in [2.45, 2.75) is 65.5 Å². The minimum atomic E-state index is -1.19. The highest BCUT2D eigenvalue weighted by Crippen LogP contribution is 2.27. The molecule has 2 atom stereocenters. The van der Waals surface area contributed by atoms with E-state index < -0.39 is 29.8 Å². The van der Waals surface area contributed by atoms with Crippen molar-refractivity contribution in [2.75, 3.05) is 33.4 Å².